The molecule has 2 nitrogen and oxygen atoms in total. The largest absolute Gasteiger partial charge is 0.330 e. The third-order valence-corrected chi connectivity index (χ3v) is 3.44. The molecule has 0 amide bonds. The summed E-state index contributed by atoms with van der Waals surface area (Å²) in [6, 6.07) is 4.80. The molecule has 0 heterocycles. The van der Waals surface area contributed by atoms with Gasteiger partial charge < -0.3 is 10.6 Å². The first-order valence-corrected chi connectivity index (χ1v) is 6.46. The Morgan fingerprint density at radius 1 is 1.39 bits per heavy atom. The van der Waals surface area contributed by atoms with Crippen LogP contribution in [0, 0.1) is 11.2 Å². The molecule has 1 rings (SSSR count). The van der Waals surface area contributed by atoms with Crippen molar-refractivity contribution >= 4 is 28.3 Å². The number of nitrogens with two attached hydrogens (primary N) is 1. The lowest BCUT2D eigenvalue weighted by molar-refractivity contribution is 0.209. The zero-order valence-corrected chi connectivity index (χ0v) is 13.4. The third kappa shape index (κ3) is 5.65. The van der Waals surface area contributed by atoms with Gasteiger partial charge in [-0.25, -0.2) is 4.39 Å². The molecule has 0 radical (unpaired) electrons. The number of nitrogens with zero attached hydrogens (tertiary/aromatic N) is 1. The molecule has 0 aliphatic carbocycles. The maximum absolute atomic E-state index is 13.0. The van der Waals surface area contributed by atoms with Crippen molar-refractivity contribution in [3.63, 3.8) is 0 Å². The molecule has 0 aromatic heterocycles. The third-order valence-electron chi connectivity index (χ3n) is 2.71. The van der Waals surface area contributed by atoms with Gasteiger partial charge in [-0.05, 0) is 36.7 Å². The van der Waals surface area contributed by atoms with Crippen molar-refractivity contribution in [2.75, 3.05) is 20.1 Å². The van der Waals surface area contributed by atoms with Crippen molar-refractivity contribution in [3.8, 4) is 0 Å². The van der Waals surface area contributed by atoms with Crippen LogP contribution in [0.5, 0.6) is 0 Å². The van der Waals surface area contributed by atoms with Crippen LogP contribution in [-0.4, -0.2) is 25.0 Å². The van der Waals surface area contributed by atoms with Crippen molar-refractivity contribution in [3.05, 3.63) is 34.1 Å². The number of hydrogen-bond acceptors (Lipinski definition) is 2. The van der Waals surface area contributed by atoms with Gasteiger partial charge in [0.2, 0.25) is 0 Å². The molecule has 5 heteroatoms. The fourth-order valence-electron chi connectivity index (χ4n) is 1.79. The van der Waals surface area contributed by atoms with E-state index in [1.165, 1.54) is 12.1 Å². The fraction of sp³-hybridized carbons (Fsp3) is 0.538. The van der Waals surface area contributed by atoms with Crippen LogP contribution in [0.4, 0.5) is 4.39 Å². The van der Waals surface area contributed by atoms with E-state index in [9.17, 15) is 4.39 Å². The van der Waals surface area contributed by atoms with E-state index in [0.717, 1.165) is 23.1 Å². The second-order valence-corrected chi connectivity index (χ2v) is 6.13. The van der Waals surface area contributed by atoms with Crippen molar-refractivity contribution in [2.45, 2.75) is 20.4 Å². The van der Waals surface area contributed by atoms with Crippen molar-refractivity contribution in [1.82, 2.24) is 4.90 Å². The van der Waals surface area contributed by atoms with Crippen LogP contribution in [0.3, 0.4) is 0 Å². The first-order valence-electron chi connectivity index (χ1n) is 5.66. The van der Waals surface area contributed by atoms with E-state index in [0.29, 0.717) is 6.54 Å². The first kappa shape index (κ1) is 17.8. The van der Waals surface area contributed by atoms with Gasteiger partial charge >= 0.3 is 0 Å². The Kier molecular flexibility index (Phi) is 7.37. The summed E-state index contributed by atoms with van der Waals surface area (Å²) in [4.78, 5) is 2.20. The van der Waals surface area contributed by atoms with E-state index < -0.39 is 0 Å². The van der Waals surface area contributed by atoms with Crippen LogP contribution in [0.15, 0.2) is 22.7 Å². The summed E-state index contributed by atoms with van der Waals surface area (Å²) < 4.78 is 13.8. The Labute approximate surface area is 123 Å². The zero-order chi connectivity index (χ0) is 13.1. The van der Waals surface area contributed by atoms with Crippen LogP contribution < -0.4 is 5.73 Å². The fourth-order valence-corrected chi connectivity index (χ4v) is 2.27. The highest BCUT2D eigenvalue weighted by Crippen LogP contribution is 2.21. The second kappa shape index (κ2) is 7.43. The SMILES string of the molecule is CN(Cc1ccc(F)cc1Br)CC(C)(C)CN.Cl. The van der Waals surface area contributed by atoms with Crippen LogP contribution >= 0.6 is 28.3 Å². The van der Waals surface area contributed by atoms with Gasteiger partial charge in [0.1, 0.15) is 5.82 Å². The lowest BCUT2D eigenvalue weighted by atomic mass is 9.93. The molecule has 2 N–H and O–H groups in total. The minimum Gasteiger partial charge on any atom is -0.330 e. The number of rotatable bonds is 5. The van der Waals surface area contributed by atoms with Gasteiger partial charge in [-0.1, -0.05) is 35.8 Å². The summed E-state index contributed by atoms with van der Waals surface area (Å²) in [5, 5.41) is 0. The predicted molar refractivity (Wildman–Crippen MR) is 80.5 cm³/mol. The first-order chi connectivity index (χ1) is 7.84. The Bertz CT molecular complexity index is 385. The quantitative estimate of drug-likeness (QED) is 0.890. The summed E-state index contributed by atoms with van der Waals surface area (Å²) in [6.45, 7) is 6.63. The molecule has 0 saturated carbocycles. The van der Waals surface area contributed by atoms with Crippen LogP contribution in [0.1, 0.15) is 19.4 Å². The molecule has 0 atom stereocenters. The average molecular weight is 340 g/mol. The van der Waals surface area contributed by atoms with Gasteiger partial charge in [0.25, 0.3) is 0 Å². The summed E-state index contributed by atoms with van der Waals surface area (Å²) in [6.07, 6.45) is 0. The van der Waals surface area contributed by atoms with Crippen molar-refractivity contribution in [2.24, 2.45) is 11.1 Å². The van der Waals surface area contributed by atoms with Gasteiger partial charge in [-0.2, -0.15) is 0 Å². The van der Waals surface area contributed by atoms with Crippen LogP contribution in [0.2, 0.25) is 0 Å². The summed E-state index contributed by atoms with van der Waals surface area (Å²) >= 11 is 3.38. The Morgan fingerprint density at radius 3 is 2.50 bits per heavy atom. The van der Waals surface area contributed by atoms with Gasteiger partial charge in [-0.15, -0.1) is 12.4 Å². The molecule has 18 heavy (non-hydrogen) atoms. The smallest absolute Gasteiger partial charge is 0.124 e. The van der Waals surface area contributed by atoms with Crippen LogP contribution in [0.25, 0.3) is 0 Å². The maximum atomic E-state index is 13.0. The zero-order valence-electron chi connectivity index (χ0n) is 11.0. The normalized spacial score (nSPS) is 11.5. The van der Waals surface area contributed by atoms with Crippen molar-refractivity contribution in [1.29, 1.82) is 0 Å². The molecular formula is C13H21BrClFN2. The molecule has 104 valence electrons. The molecule has 0 unspecified atom stereocenters. The molecule has 0 saturated heterocycles. The summed E-state index contributed by atoms with van der Waals surface area (Å²) in [5.74, 6) is -0.217. The van der Waals surface area contributed by atoms with E-state index in [4.69, 9.17) is 5.73 Å². The molecule has 0 aliphatic heterocycles. The monoisotopic (exact) mass is 338 g/mol. The topological polar surface area (TPSA) is 29.3 Å². The van der Waals surface area contributed by atoms with Crippen molar-refractivity contribution < 1.29 is 4.39 Å². The van der Waals surface area contributed by atoms with Gasteiger partial charge in [0.05, 0.1) is 0 Å². The predicted octanol–water partition coefficient (Wildman–Crippen LogP) is 3.43. The van der Waals surface area contributed by atoms with Crippen LogP contribution in [-0.2, 0) is 6.54 Å². The van der Waals surface area contributed by atoms with E-state index >= 15 is 0 Å². The number of benzene rings is 1. The van der Waals surface area contributed by atoms with E-state index in [1.807, 2.05) is 13.1 Å². The minimum absolute atomic E-state index is 0. The summed E-state index contributed by atoms with van der Waals surface area (Å²) in [7, 11) is 2.05. The van der Waals surface area contributed by atoms with Gasteiger partial charge in [0.15, 0.2) is 0 Å². The lowest BCUT2D eigenvalue weighted by Crippen LogP contribution is -2.36. The minimum atomic E-state index is -0.217. The average Bonchev–Trinajstić information content (AvgIpc) is 2.21. The van der Waals surface area contributed by atoms with Gasteiger partial charge in [0, 0.05) is 17.6 Å². The highest BCUT2D eigenvalue weighted by molar-refractivity contribution is 9.10. The molecule has 0 spiro atoms. The molecule has 0 fully saturated rings. The summed E-state index contributed by atoms with van der Waals surface area (Å²) in [5.41, 5.74) is 6.90. The highest BCUT2D eigenvalue weighted by atomic mass is 79.9. The van der Waals surface area contributed by atoms with Gasteiger partial charge in [-0.3, -0.25) is 0 Å². The molecule has 0 bridgehead atoms. The molecular weight excluding hydrogens is 319 g/mol. The standard InChI is InChI=1S/C13H20BrFN2.ClH/c1-13(2,8-16)9-17(3)7-10-4-5-11(15)6-12(10)14;/h4-6H,7-9,16H2,1-3H3;1H. The Morgan fingerprint density at radius 2 is 2.00 bits per heavy atom. The number of halogens is 3. The lowest BCUT2D eigenvalue weighted by Gasteiger charge is -2.29. The Balaban J connectivity index is 0.00000289. The van der Waals surface area contributed by atoms with E-state index in [1.54, 1.807) is 0 Å². The molecule has 1 aromatic rings. The highest BCUT2D eigenvalue weighted by Gasteiger charge is 2.18. The molecule has 1 aromatic carbocycles. The number of hydrogen-bond donors (Lipinski definition) is 1. The van der Waals surface area contributed by atoms with E-state index in [-0.39, 0.29) is 23.6 Å². The molecule has 0 aliphatic rings. The van der Waals surface area contributed by atoms with E-state index in [2.05, 4.69) is 34.7 Å². The second-order valence-electron chi connectivity index (χ2n) is 5.28. The Hall–Kier alpha value is -0.160. The maximum Gasteiger partial charge on any atom is 0.124 e.